The van der Waals surface area contributed by atoms with Crippen LogP contribution >= 0.6 is 22.7 Å². The summed E-state index contributed by atoms with van der Waals surface area (Å²) in [5.74, 6) is 0. The molecule has 0 bridgehead atoms. The molecule has 0 atom stereocenters. The highest BCUT2D eigenvalue weighted by Crippen LogP contribution is 2.32. The SMILES string of the molecule is Cc1cc(-c2csc(N(C)C)n2)c(C)n1-c1nccs1. The van der Waals surface area contributed by atoms with Crippen molar-refractivity contribution in [1.82, 2.24) is 14.5 Å². The van der Waals surface area contributed by atoms with E-state index in [1.165, 1.54) is 17.0 Å². The first-order valence-electron chi connectivity index (χ1n) is 6.30. The van der Waals surface area contributed by atoms with Gasteiger partial charge in [-0.1, -0.05) is 0 Å². The largest absolute Gasteiger partial charge is 0.354 e. The van der Waals surface area contributed by atoms with Crippen LogP contribution in [0.3, 0.4) is 0 Å². The monoisotopic (exact) mass is 304 g/mol. The number of nitrogens with zero attached hydrogens (tertiary/aromatic N) is 4. The van der Waals surface area contributed by atoms with Gasteiger partial charge >= 0.3 is 0 Å². The van der Waals surface area contributed by atoms with Gasteiger partial charge in [0.25, 0.3) is 0 Å². The molecule has 104 valence electrons. The minimum absolute atomic E-state index is 1.01. The number of hydrogen-bond acceptors (Lipinski definition) is 5. The Labute approximate surface area is 126 Å². The molecule has 0 saturated heterocycles. The van der Waals surface area contributed by atoms with Crippen LogP contribution in [0.1, 0.15) is 11.4 Å². The molecule has 0 aliphatic carbocycles. The van der Waals surface area contributed by atoms with Crippen molar-refractivity contribution in [2.45, 2.75) is 13.8 Å². The van der Waals surface area contributed by atoms with E-state index in [1.54, 1.807) is 22.7 Å². The smallest absolute Gasteiger partial charge is 0.193 e. The zero-order chi connectivity index (χ0) is 14.3. The normalized spacial score (nSPS) is 11.0. The Hall–Kier alpha value is -1.66. The molecular formula is C14H16N4S2. The van der Waals surface area contributed by atoms with Gasteiger partial charge in [0.05, 0.1) is 5.69 Å². The zero-order valence-electron chi connectivity index (χ0n) is 11.9. The van der Waals surface area contributed by atoms with Crippen LogP contribution in [0.4, 0.5) is 5.13 Å². The Morgan fingerprint density at radius 1 is 1.20 bits per heavy atom. The quantitative estimate of drug-likeness (QED) is 0.739. The van der Waals surface area contributed by atoms with Crippen molar-refractivity contribution >= 4 is 27.8 Å². The minimum atomic E-state index is 1.01. The van der Waals surface area contributed by atoms with Gasteiger partial charge < -0.3 is 4.90 Å². The molecule has 3 heterocycles. The van der Waals surface area contributed by atoms with Gasteiger partial charge in [-0.3, -0.25) is 4.57 Å². The van der Waals surface area contributed by atoms with Crippen LogP contribution in [0.2, 0.25) is 0 Å². The van der Waals surface area contributed by atoms with Gasteiger partial charge in [-0.05, 0) is 19.9 Å². The fraction of sp³-hybridized carbons (Fsp3) is 0.286. The molecule has 6 heteroatoms. The average Bonchev–Trinajstić information content (AvgIpc) is 3.09. The molecule has 3 rings (SSSR count). The molecule has 3 aromatic rings. The van der Waals surface area contributed by atoms with E-state index in [9.17, 15) is 0 Å². The fourth-order valence-electron chi connectivity index (χ4n) is 2.24. The van der Waals surface area contributed by atoms with Crippen LogP contribution in [0.25, 0.3) is 16.4 Å². The molecule has 0 N–H and O–H groups in total. The van der Waals surface area contributed by atoms with Gasteiger partial charge in [0.15, 0.2) is 10.3 Å². The Balaban J connectivity index is 2.09. The third-order valence-electron chi connectivity index (χ3n) is 3.19. The molecule has 0 saturated carbocycles. The Morgan fingerprint density at radius 2 is 2.00 bits per heavy atom. The molecule has 0 aromatic carbocycles. The summed E-state index contributed by atoms with van der Waals surface area (Å²) < 4.78 is 2.19. The maximum absolute atomic E-state index is 4.69. The highest BCUT2D eigenvalue weighted by molar-refractivity contribution is 7.14. The molecule has 3 aromatic heterocycles. The molecule has 0 amide bonds. The van der Waals surface area contributed by atoms with Crippen LogP contribution in [-0.4, -0.2) is 28.6 Å². The van der Waals surface area contributed by atoms with Gasteiger partial charge in [-0.15, -0.1) is 22.7 Å². The van der Waals surface area contributed by atoms with E-state index in [0.29, 0.717) is 0 Å². The molecule has 0 spiro atoms. The topological polar surface area (TPSA) is 34.0 Å². The molecular weight excluding hydrogens is 288 g/mol. The number of aromatic nitrogens is 3. The summed E-state index contributed by atoms with van der Waals surface area (Å²) in [5.41, 5.74) is 4.59. The summed E-state index contributed by atoms with van der Waals surface area (Å²) in [6.07, 6.45) is 1.84. The lowest BCUT2D eigenvalue weighted by molar-refractivity contribution is 0.950. The summed E-state index contributed by atoms with van der Waals surface area (Å²) in [5, 5.41) is 6.15. The molecule has 0 fully saturated rings. The second kappa shape index (κ2) is 5.03. The number of anilines is 1. The Morgan fingerprint density at radius 3 is 2.60 bits per heavy atom. The minimum Gasteiger partial charge on any atom is -0.354 e. The van der Waals surface area contributed by atoms with E-state index in [2.05, 4.69) is 34.8 Å². The highest BCUT2D eigenvalue weighted by atomic mass is 32.1. The van der Waals surface area contributed by atoms with Gasteiger partial charge in [0.1, 0.15) is 0 Å². The molecule has 0 aliphatic heterocycles. The third-order valence-corrected chi connectivity index (χ3v) is 4.96. The summed E-state index contributed by atoms with van der Waals surface area (Å²) in [7, 11) is 4.03. The van der Waals surface area contributed by atoms with Crippen molar-refractivity contribution in [3.05, 3.63) is 34.4 Å². The van der Waals surface area contributed by atoms with Crippen molar-refractivity contribution in [2.24, 2.45) is 0 Å². The van der Waals surface area contributed by atoms with E-state index in [0.717, 1.165) is 16.0 Å². The van der Waals surface area contributed by atoms with E-state index in [4.69, 9.17) is 4.98 Å². The van der Waals surface area contributed by atoms with Crippen LogP contribution in [0.15, 0.2) is 23.0 Å². The zero-order valence-corrected chi connectivity index (χ0v) is 13.5. The molecule has 4 nitrogen and oxygen atoms in total. The van der Waals surface area contributed by atoms with Crippen molar-refractivity contribution < 1.29 is 0 Å². The van der Waals surface area contributed by atoms with Gasteiger partial charge in [-0.25, -0.2) is 9.97 Å². The molecule has 0 aliphatic rings. The van der Waals surface area contributed by atoms with E-state index >= 15 is 0 Å². The second-order valence-electron chi connectivity index (χ2n) is 4.84. The summed E-state index contributed by atoms with van der Waals surface area (Å²) in [6.45, 7) is 4.23. The maximum Gasteiger partial charge on any atom is 0.193 e. The van der Waals surface area contributed by atoms with E-state index < -0.39 is 0 Å². The van der Waals surface area contributed by atoms with Crippen LogP contribution < -0.4 is 4.90 Å². The number of rotatable bonds is 3. The lowest BCUT2D eigenvalue weighted by Gasteiger charge is -2.06. The predicted octanol–water partition coefficient (Wildman–Crippen LogP) is 3.74. The van der Waals surface area contributed by atoms with E-state index in [-0.39, 0.29) is 0 Å². The third kappa shape index (κ3) is 2.14. The van der Waals surface area contributed by atoms with Crippen LogP contribution in [-0.2, 0) is 0 Å². The number of thiazole rings is 2. The fourth-order valence-corrected chi connectivity index (χ4v) is 3.75. The number of aryl methyl sites for hydroxylation is 1. The van der Waals surface area contributed by atoms with Crippen molar-refractivity contribution in [3.8, 4) is 16.4 Å². The lowest BCUT2D eigenvalue weighted by Crippen LogP contribution is -2.07. The summed E-state index contributed by atoms with van der Waals surface area (Å²) in [6, 6.07) is 2.19. The first-order chi connectivity index (χ1) is 9.58. The Kier molecular flexibility index (Phi) is 3.35. The second-order valence-corrected chi connectivity index (χ2v) is 6.55. The average molecular weight is 304 g/mol. The molecule has 20 heavy (non-hydrogen) atoms. The van der Waals surface area contributed by atoms with Gasteiger partial charge in [0.2, 0.25) is 0 Å². The first-order valence-corrected chi connectivity index (χ1v) is 8.06. The molecule has 0 radical (unpaired) electrons. The van der Waals surface area contributed by atoms with Gasteiger partial charge in [0, 0.05) is 48.0 Å². The summed E-state index contributed by atoms with van der Waals surface area (Å²) in [4.78, 5) is 11.1. The van der Waals surface area contributed by atoms with Crippen LogP contribution in [0, 0.1) is 13.8 Å². The van der Waals surface area contributed by atoms with E-state index in [1.807, 2.05) is 30.6 Å². The number of hydrogen-bond donors (Lipinski definition) is 0. The lowest BCUT2D eigenvalue weighted by atomic mass is 10.2. The Bertz CT molecular complexity index is 723. The predicted molar refractivity (Wildman–Crippen MR) is 86.4 cm³/mol. The van der Waals surface area contributed by atoms with Crippen molar-refractivity contribution in [1.29, 1.82) is 0 Å². The van der Waals surface area contributed by atoms with Gasteiger partial charge in [-0.2, -0.15) is 0 Å². The highest BCUT2D eigenvalue weighted by Gasteiger charge is 2.16. The first kappa shape index (κ1) is 13.3. The van der Waals surface area contributed by atoms with Crippen molar-refractivity contribution in [3.63, 3.8) is 0 Å². The maximum atomic E-state index is 4.69. The van der Waals surface area contributed by atoms with Crippen molar-refractivity contribution in [2.75, 3.05) is 19.0 Å². The molecule has 0 unspecified atom stereocenters. The summed E-state index contributed by atoms with van der Waals surface area (Å²) >= 11 is 3.32. The standard InChI is InChI=1S/C14H16N4S2/c1-9-7-11(12-8-20-14(16-12)17(3)4)10(2)18(9)13-15-5-6-19-13/h5-8H,1-4H3. The van der Waals surface area contributed by atoms with Crippen LogP contribution in [0.5, 0.6) is 0 Å².